The lowest BCUT2D eigenvalue weighted by atomic mass is 10.2. The van der Waals surface area contributed by atoms with Gasteiger partial charge in [-0.15, -0.1) is 0 Å². The summed E-state index contributed by atoms with van der Waals surface area (Å²) in [5, 5.41) is 25.8. The number of hydrogen-bond donors (Lipinski definition) is 1. The molecule has 0 amide bonds. The van der Waals surface area contributed by atoms with Gasteiger partial charge < -0.3 is 9.32 Å². The molecule has 0 atom stereocenters. The molecule has 1 N–H and O–H groups in total. The van der Waals surface area contributed by atoms with Crippen LogP contribution in [0, 0.1) is 20.2 Å². The minimum absolute atomic E-state index is 0.0437. The van der Waals surface area contributed by atoms with Crippen molar-refractivity contribution in [2.45, 2.75) is 12.8 Å². The first-order valence-corrected chi connectivity index (χ1v) is 8.51. The number of anilines is 2. The molecular formula is C15H14BrN5O5. The number of nitro groups is 2. The van der Waals surface area contributed by atoms with E-state index < -0.39 is 15.5 Å². The number of hydrazone groups is 1. The van der Waals surface area contributed by atoms with Gasteiger partial charge in [-0.3, -0.25) is 25.7 Å². The standard InChI is InChI=1S/C15H14BrN5O5/c16-12-8-11(26-15(12)19-5-1-2-6-19)9-17-18-13-4-3-10(20(22)23)7-14(13)21(24)25/h3-4,7-9,18H,1-2,5-6H2/b17-9-. The molecule has 0 aliphatic carbocycles. The first-order valence-electron chi connectivity index (χ1n) is 7.72. The Labute approximate surface area is 155 Å². The van der Waals surface area contributed by atoms with Crippen molar-refractivity contribution in [2.75, 3.05) is 23.4 Å². The average Bonchev–Trinajstić information content (AvgIpc) is 3.24. The molecular weight excluding hydrogens is 410 g/mol. The highest BCUT2D eigenvalue weighted by Gasteiger charge is 2.20. The minimum atomic E-state index is -0.709. The Morgan fingerprint density at radius 2 is 1.92 bits per heavy atom. The fraction of sp³-hybridized carbons (Fsp3) is 0.267. The predicted octanol–water partition coefficient (Wildman–Crippen LogP) is 3.90. The van der Waals surface area contributed by atoms with E-state index in [-0.39, 0.29) is 11.4 Å². The maximum absolute atomic E-state index is 11.1. The Hall–Kier alpha value is -2.95. The van der Waals surface area contributed by atoms with Crippen LogP contribution in [-0.2, 0) is 0 Å². The number of halogens is 1. The molecule has 2 heterocycles. The maximum atomic E-state index is 11.1. The smallest absolute Gasteiger partial charge is 0.301 e. The zero-order valence-electron chi connectivity index (χ0n) is 13.4. The Morgan fingerprint density at radius 3 is 2.58 bits per heavy atom. The molecule has 0 spiro atoms. The lowest BCUT2D eigenvalue weighted by molar-refractivity contribution is -0.393. The Balaban J connectivity index is 1.75. The zero-order valence-corrected chi connectivity index (χ0v) is 15.0. The topological polar surface area (TPSA) is 127 Å². The third kappa shape index (κ3) is 3.82. The highest BCUT2D eigenvalue weighted by molar-refractivity contribution is 9.10. The van der Waals surface area contributed by atoms with Gasteiger partial charge >= 0.3 is 5.69 Å². The SMILES string of the molecule is O=[N+]([O-])c1ccc(N/N=C\c2cc(Br)c(N3CCCC3)o2)c([N+](=O)[O-])c1. The van der Waals surface area contributed by atoms with Gasteiger partial charge in [-0.05, 0) is 34.8 Å². The van der Waals surface area contributed by atoms with Crippen LogP contribution in [0.5, 0.6) is 0 Å². The van der Waals surface area contributed by atoms with Crippen LogP contribution < -0.4 is 10.3 Å². The average molecular weight is 424 g/mol. The molecule has 10 nitrogen and oxygen atoms in total. The molecule has 1 fully saturated rings. The van der Waals surface area contributed by atoms with E-state index in [1.54, 1.807) is 6.07 Å². The van der Waals surface area contributed by atoms with Crippen LogP contribution in [0.25, 0.3) is 0 Å². The molecule has 26 heavy (non-hydrogen) atoms. The van der Waals surface area contributed by atoms with Crippen molar-refractivity contribution >= 4 is 45.1 Å². The van der Waals surface area contributed by atoms with Crippen LogP contribution in [0.2, 0.25) is 0 Å². The number of benzene rings is 1. The third-order valence-electron chi connectivity index (χ3n) is 3.85. The second-order valence-electron chi connectivity index (χ2n) is 5.58. The summed E-state index contributed by atoms with van der Waals surface area (Å²) in [6.07, 6.45) is 3.61. The normalized spacial score (nSPS) is 14.1. The van der Waals surface area contributed by atoms with E-state index in [0.29, 0.717) is 5.76 Å². The lowest BCUT2D eigenvalue weighted by Crippen LogP contribution is -2.17. The largest absolute Gasteiger partial charge is 0.438 e. The summed E-state index contributed by atoms with van der Waals surface area (Å²) in [5.41, 5.74) is 1.77. The minimum Gasteiger partial charge on any atom is -0.438 e. The molecule has 0 unspecified atom stereocenters. The Kier molecular flexibility index (Phi) is 5.16. The first kappa shape index (κ1) is 17.9. The van der Waals surface area contributed by atoms with Crippen molar-refractivity contribution < 1.29 is 14.3 Å². The second-order valence-corrected chi connectivity index (χ2v) is 6.44. The monoisotopic (exact) mass is 423 g/mol. The number of nitrogens with zero attached hydrogens (tertiary/aromatic N) is 4. The number of nitro benzene ring substituents is 2. The summed E-state index contributed by atoms with van der Waals surface area (Å²) in [6.45, 7) is 1.85. The van der Waals surface area contributed by atoms with Gasteiger partial charge in [0.15, 0.2) is 5.76 Å². The van der Waals surface area contributed by atoms with Crippen molar-refractivity contribution in [1.82, 2.24) is 0 Å². The summed E-state index contributed by atoms with van der Waals surface area (Å²) in [4.78, 5) is 22.5. The van der Waals surface area contributed by atoms with Gasteiger partial charge in [-0.2, -0.15) is 5.10 Å². The first-order chi connectivity index (χ1) is 12.5. The predicted molar refractivity (Wildman–Crippen MR) is 98.8 cm³/mol. The van der Waals surface area contributed by atoms with Crippen LogP contribution in [0.3, 0.4) is 0 Å². The molecule has 1 aliphatic heterocycles. The molecule has 1 aliphatic rings. The van der Waals surface area contributed by atoms with Crippen molar-refractivity contribution in [3.63, 3.8) is 0 Å². The third-order valence-corrected chi connectivity index (χ3v) is 4.41. The molecule has 0 bridgehead atoms. The van der Waals surface area contributed by atoms with Gasteiger partial charge in [0.1, 0.15) is 5.69 Å². The molecule has 1 aromatic heterocycles. The van der Waals surface area contributed by atoms with Gasteiger partial charge in [0.05, 0.1) is 26.6 Å². The van der Waals surface area contributed by atoms with E-state index in [9.17, 15) is 20.2 Å². The highest BCUT2D eigenvalue weighted by Crippen LogP contribution is 2.32. The summed E-state index contributed by atoms with van der Waals surface area (Å²) >= 11 is 3.45. The van der Waals surface area contributed by atoms with Crippen LogP contribution >= 0.6 is 15.9 Å². The number of rotatable bonds is 6. The number of non-ortho nitro benzene ring substituents is 1. The Bertz CT molecular complexity index is 875. The fourth-order valence-electron chi connectivity index (χ4n) is 2.62. The van der Waals surface area contributed by atoms with Gasteiger partial charge in [0.25, 0.3) is 5.69 Å². The van der Waals surface area contributed by atoms with E-state index in [4.69, 9.17) is 4.42 Å². The van der Waals surface area contributed by atoms with Crippen LogP contribution in [0.15, 0.2) is 38.3 Å². The van der Waals surface area contributed by atoms with Crippen molar-refractivity contribution in [3.8, 4) is 0 Å². The van der Waals surface area contributed by atoms with Crippen molar-refractivity contribution in [3.05, 3.63) is 54.7 Å². The maximum Gasteiger partial charge on any atom is 0.301 e. The molecule has 11 heteroatoms. The highest BCUT2D eigenvalue weighted by atomic mass is 79.9. The molecule has 1 aromatic carbocycles. The summed E-state index contributed by atoms with van der Waals surface area (Å²) < 4.78 is 6.54. The van der Waals surface area contributed by atoms with E-state index in [2.05, 4.69) is 31.4 Å². The molecule has 3 rings (SSSR count). The summed E-state index contributed by atoms with van der Waals surface area (Å²) in [5.74, 6) is 1.20. The summed E-state index contributed by atoms with van der Waals surface area (Å²) in [7, 11) is 0. The van der Waals surface area contributed by atoms with Crippen LogP contribution in [0.4, 0.5) is 22.9 Å². The fourth-order valence-corrected chi connectivity index (χ4v) is 3.18. The number of nitrogens with one attached hydrogen (secondary N) is 1. The Morgan fingerprint density at radius 1 is 1.19 bits per heavy atom. The van der Waals surface area contributed by atoms with E-state index in [0.717, 1.165) is 42.4 Å². The van der Waals surface area contributed by atoms with E-state index in [1.807, 2.05) is 0 Å². The van der Waals surface area contributed by atoms with Gasteiger partial charge in [-0.1, -0.05) is 0 Å². The van der Waals surface area contributed by atoms with Crippen molar-refractivity contribution in [2.24, 2.45) is 5.10 Å². The molecule has 136 valence electrons. The van der Waals surface area contributed by atoms with E-state index >= 15 is 0 Å². The molecule has 0 radical (unpaired) electrons. The quantitative estimate of drug-likeness (QED) is 0.423. The van der Waals surface area contributed by atoms with Gasteiger partial charge in [0, 0.05) is 25.2 Å². The van der Waals surface area contributed by atoms with Crippen LogP contribution in [-0.4, -0.2) is 29.2 Å². The van der Waals surface area contributed by atoms with Gasteiger partial charge in [0.2, 0.25) is 5.88 Å². The molecule has 0 saturated carbocycles. The molecule has 2 aromatic rings. The van der Waals surface area contributed by atoms with Gasteiger partial charge in [-0.25, -0.2) is 0 Å². The summed E-state index contributed by atoms with van der Waals surface area (Å²) in [6, 6.07) is 5.04. The number of furan rings is 1. The van der Waals surface area contributed by atoms with Crippen molar-refractivity contribution in [1.29, 1.82) is 0 Å². The number of hydrogen-bond acceptors (Lipinski definition) is 8. The zero-order chi connectivity index (χ0) is 18.7. The lowest BCUT2D eigenvalue weighted by Gasteiger charge is -2.13. The molecule has 1 saturated heterocycles. The van der Waals surface area contributed by atoms with Crippen LogP contribution in [0.1, 0.15) is 18.6 Å². The second kappa shape index (κ2) is 7.52. The van der Waals surface area contributed by atoms with E-state index in [1.165, 1.54) is 18.3 Å².